The van der Waals surface area contributed by atoms with Crippen molar-refractivity contribution < 1.29 is 14.1 Å². The van der Waals surface area contributed by atoms with Crippen LogP contribution < -0.4 is 5.32 Å². The van der Waals surface area contributed by atoms with Gasteiger partial charge in [0.1, 0.15) is 10.8 Å². The van der Waals surface area contributed by atoms with Crippen LogP contribution in [0.15, 0.2) is 34.7 Å². The molecular formula is C16H18N2O3S2. The van der Waals surface area contributed by atoms with Crippen molar-refractivity contribution in [1.29, 1.82) is 0 Å². The number of aromatic nitrogens is 1. The highest BCUT2D eigenvalue weighted by atomic mass is 32.2. The van der Waals surface area contributed by atoms with Gasteiger partial charge in [-0.1, -0.05) is 31.4 Å². The average molecular weight is 350 g/mol. The summed E-state index contributed by atoms with van der Waals surface area (Å²) in [7, 11) is -1.11. The monoisotopic (exact) mass is 350 g/mol. The Morgan fingerprint density at radius 1 is 1.26 bits per heavy atom. The Morgan fingerprint density at radius 3 is 2.74 bits per heavy atom. The molecular weight excluding hydrogens is 332 g/mol. The number of carbonyl (C=O) groups is 1. The molecule has 3 rings (SSSR count). The molecule has 1 aliphatic rings. The minimum Gasteiger partial charge on any atom is -0.507 e. The number of nitrogens with one attached hydrogen (secondary N) is 1. The Kier molecular flexibility index (Phi) is 5.07. The van der Waals surface area contributed by atoms with Gasteiger partial charge in [-0.2, -0.15) is 0 Å². The highest BCUT2D eigenvalue weighted by molar-refractivity contribution is 7.85. The fourth-order valence-electron chi connectivity index (χ4n) is 2.69. The molecule has 1 aliphatic carbocycles. The summed E-state index contributed by atoms with van der Waals surface area (Å²) in [4.78, 5) is 16.4. The van der Waals surface area contributed by atoms with Crippen LogP contribution in [-0.2, 0) is 10.8 Å². The van der Waals surface area contributed by atoms with Crippen LogP contribution in [0.1, 0.15) is 42.5 Å². The number of aromatic hydroxyl groups is 1. The van der Waals surface area contributed by atoms with Gasteiger partial charge < -0.3 is 5.11 Å². The van der Waals surface area contributed by atoms with E-state index in [1.54, 1.807) is 23.6 Å². The first-order valence-electron chi connectivity index (χ1n) is 7.60. The number of nitrogens with zero attached hydrogens (tertiary/aromatic N) is 1. The molecule has 0 aliphatic heterocycles. The van der Waals surface area contributed by atoms with E-state index >= 15 is 0 Å². The number of hydrogen-bond acceptors (Lipinski definition) is 5. The Bertz CT molecular complexity index is 724. The summed E-state index contributed by atoms with van der Waals surface area (Å²) >= 11 is 1.25. The van der Waals surface area contributed by atoms with E-state index in [9.17, 15) is 14.1 Å². The number of rotatable bonds is 4. The topological polar surface area (TPSA) is 79.3 Å². The predicted molar refractivity (Wildman–Crippen MR) is 91.5 cm³/mol. The molecule has 7 heteroatoms. The molecule has 1 aromatic heterocycles. The lowest BCUT2D eigenvalue weighted by atomic mass is 10.0. The van der Waals surface area contributed by atoms with Crippen LogP contribution in [0.4, 0.5) is 5.13 Å². The fourth-order valence-corrected chi connectivity index (χ4v) is 5.12. The van der Waals surface area contributed by atoms with E-state index < -0.39 is 16.7 Å². The van der Waals surface area contributed by atoms with Crippen LogP contribution in [0.2, 0.25) is 0 Å². The van der Waals surface area contributed by atoms with Gasteiger partial charge in [-0.25, -0.2) is 4.98 Å². The summed E-state index contributed by atoms with van der Waals surface area (Å²) in [6, 6.07) is 6.33. The standard InChI is InChI=1S/C16H18N2O3S2/c19-13-9-5-4-8-12(13)15(20)18-16-17-14(10-22-16)23(21)11-6-2-1-3-7-11/h4-5,8-11,19H,1-3,6-7H2,(H,17,18,20). The van der Waals surface area contributed by atoms with Crippen molar-refractivity contribution in [3.8, 4) is 5.75 Å². The maximum absolute atomic E-state index is 12.5. The third-order valence-corrected chi connectivity index (χ3v) is 6.52. The number of phenols is 1. The maximum atomic E-state index is 12.5. The van der Waals surface area contributed by atoms with E-state index in [-0.39, 0.29) is 16.6 Å². The second-order valence-corrected chi connectivity index (χ2v) is 8.06. The zero-order chi connectivity index (χ0) is 16.2. The van der Waals surface area contributed by atoms with Gasteiger partial charge in [0, 0.05) is 10.6 Å². The third-order valence-electron chi connectivity index (χ3n) is 3.91. The molecule has 23 heavy (non-hydrogen) atoms. The van der Waals surface area contributed by atoms with Crippen molar-refractivity contribution in [3.63, 3.8) is 0 Å². The number of benzene rings is 1. The van der Waals surface area contributed by atoms with Crippen molar-refractivity contribution in [2.75, 3.05) is 5.32 Å². The Hall–Kier alpha value is -1.73. The normalized spacial score (nSPS) is 16.9. The number of para-hydroxylation sites is 1. The van der Waals surface area contributed by atoms with Crippen LogP contribution in [0.5, 0.6) is 5.75 Å². The van der Waals surface area contributed by atoms with E-state index in [1.807, 2.05) is 0 Å². The summed E-state index contributed by atoms with van der Waals surface area (Å²) in [5, 5.41) is 15.2. The number of anilines is 1. The molecule has 0 saturated heterocycles. The van der Waals surface area contributed by atoms with Gasteiger partial charge in [0.05, 0.1) is 16.4 Å². The van der Waals surface area contributed by atoms with E-state index in [0.717, 1.165) is 25.7 Å². The highest BCUT2D eigenvalue weighted by Crippen LogP contribution is 2.28. The second-order valence-electron chi connectivity index (χ2n) is 5.52. The molecule has 0 bridgehead atoms. The summed E-state index contributed by atoms with van der Waals surface area (Å²) < 4.78 is 12.5. The van der Waals surface area contributed by atoms with E-state index in [2.05, 4.69) is 10.3 Å². The van der Waals surface area contributed by atoms with E-state index in [0.29, 0.717) is 10.2 Å². The van der Waals surface area contributed by atoms with Gasteiger partial charge in [-0.15, -0.1) is 11.3 Å². The van der Waals surface area contributed by atoms with Crippen molar-refractivity contribution in [2.45, 2.75) is 42.4 Å². The SMILES string of the molecule is O=C(Nc1nc(S(=O)C2CCCCC2)cs1)c1ccccc1O. The summed E-state index contributed by atoms with van der Waals surface area (Å²) in [6.45, 7) is 0. The molecule has 1 amide bonds. The van der Waals surface area contributed by atoms with Crippen LogP contribution >= 0.6 is 11.3 Å². The number of phenolic OH excluding ortho intramolecular Hbond substituents is 1. The first-order chi connectivity index (χ1) is 11.1. The quantitative estimate of drug-likeness (QED) is 0.884. The smallest absolute Gasteiger partial charge is 0.261 e. The van der Waals surface area contributed by atoms with Gasteiger partial charge in [0.25, 0.3) is 5.91 Å². The molecule has 122 valence electrons. The molecule has 2 aromatic rings. The van der Waals surface area contributed by atoms with Gasteiger partial charge in [-0.3, -0.25) is 14.3 Å². The number of amides is 1. The van der Waals surface area contributed by atoms with E-state index in [1.165, 1.54) is 23.8 Å². The molecule has 5 nitrogen and oxygen atoms in total. The number of thiazole rings is 1. The van der Waals surface area contributed by atoms with Gasteiger partial charge in [-0.05, 0) is 25.0 Å². The predicted octanol–water partition coefficient (Wildman–Crippen LogP) is 3.54. The molecule has 0 spiro atoms. The summed E-state index contributed by atoms with van der Waals surface area (Å²) in [5.41, 5.74) is 0.192. The molecule has 2 N–H and O–H groups in total. The lowest BCUT2D eigenvalue weighted by Gasteiger charge is -2.19. The minimum atomic E-state index is -1.11. The molecule has 1 atom stereocenters. The zero-order valence-electron chi connectivity index (χ0n) is 12.5. The Morgan fingerprint density at radius 2 is 2.00 bits per heavy atom. The summed E-state index contributed by atoms with van der Waals surface area (Å²) in [6.07, 6.45) is 5.41. The minimum absolute atomic E-state index is 0.0763. The first kappa shape index (κ1) is 16.1. The molecule has 1 aromatic carbocycles. The van der Waals surface area contributed by atoms with Crippen molar-refractivity contribution >= 4 is 33.2 Å². The zero-order valence-corrected chi connectivity index (χ0v) is 14.2. The van der Waals surface area contributed by atoms with Crippen molar-refractivity contribution in [1.82, 2.24) is 4.98 Å². The Balaban J connectivity index is 1.68. The van der Waals surface area contributed by atoms with Crippen LogP contribution in [0.25, 0.3) is 0 Å². The number of carbonyl (C=O) groups excluding carboxylic acids is 1. The molecule has 1 heterocycles. The number of hydrogen-bond donors (Lipinski definition) is 2. The van der Waals surface area contributed by atoms with Gasteiger partial charge >= 0.3 is 0 Å². The lowest BCUT2D eigenvalue weighted by molar-refractivity contribution is 0.102. The van der Waals surface area contributed by atoms with Gasteiger partial charge in [0.15, 0.2) is 5.13 Å². The van der Waals surface area contributed by atoms with Crippen LogP contribution in [-0.4, -0.2) is 25.5 Å². The van der Waals surface area contributed by atoms with Gasteiger partial charge in [0.2, 0.25) is 0 Å². The molecule has 1 unspecified atom stereocenters. The largest absolute Gasteiger partial charge is 0.507 e. The second kappa shape index (κ2) is 7.23. The third kappa shape index (κ3) is 3.79. The van der Waals surface area contributed by atoms with E-state index in [4.69, 9.17) is 0 Å². The summed E-state index contributed by atoms with van der Waals surface area (Å²) in [5.74, 6) is -0.500. The van der Waals surface area contributed by atoms with Crippen LogP contribution in [0.3, 0.4) is 0 Å². The highest BCUT2D eigenvalue weighted by Gasteiger charge is 2.23. The first-order valence-corrected chi connectivity index (χ1v) is 9.70. The Labute approximate surface area is 141 Å². The lowest BCUT2D eigenvalue weighted by Crippen LogP contribution is -2.19. The average Bonchev–Trinajstić information content (AvgIpc) is 3.03. The molecule has 1 fully saturated rings. The van der Waals surface area contributed by atoms with Crippen molar-refractivity contribution in [2.24, 2.45) is 0 Å². The molecule has 1 saturated carbocycles. The van der Waals surface area contributed by atoms with Crippen molar-refractivity contribution in [3.05, 3.63) is 35.2 Å². The van der Waals surface area contributed by atoms with Crippen LogP contribution in [0, 0.1) is 0 Å². The molecule has 0 radical (unpaired) electrons. The fraction of sp³-hybridized carbons (Fsp3) is 0.375. The maximum Gasteiger partial charge on any atom is 0.261 e.